The van der Waals surface area contributed by atoms with Crippen LogP contribution in [0.25, 0.3) is 0 Å². The Balaban J connectivity index is 1.42. The third-order valence-electron chi connectivity index (χ3n) is 5.98. The number of piperidine rings is 1. The van der Waals surface area contributed by atoms with E-state index in [1.807, 2.05) is 65.6 Å². The van der Waals surface area contributed by atoms with Crippen LogP contribution in [-0.2, 0) is 14.3 Å². The van der Waals surface area contributed by atoms with E-state index in [1.165, 1.54) is 0 Å². The second-order valence-electron chi connectivity index (χ2n) is 7.92. The van der Waals surface area contributed by atoms with Crippen molar-refractivity contribution in [2.24, 2.45) is 5.92 Å². The monoisotopic (exact) mass is 407 g/mol. The van der Waals surface area contributed by atoms with E-state index in [9.17, 15) is 9.59 Å². The molecular weight excluding hydrogens is 378 g/mol. The lowest BCUT2D eigenvalue weighted by molar-refractivity contribution is -0.142. The van der Waals surface area contributed by atoms with E-state index in [-0.39, 0.29) is 23.8 Å². The predicted octanol–water partition coefficient (Wildman–Crippen LogP) is 2.94. The van der Waals surface area contributed by atoms with E-state index in [0.717, 1.165) is 37.2 Å². The van der Waals surface area contributed by atoms with Gasteiger partial charge in [-0.1, -0.05) is 48.5 Å². The molecule has 2 aromatic carbocycles. The van der Waals surface area contributed by atoms with E-state index in [2.05, 4.69) is 10.2 Å². The van der Waals surface area contributed by atoms with Crippen molar-refractivity contribution in [1.29, 1.82) is 0 Å². The molecule has 4 rings (SSSR count). The number of morpholine rings is 1. The number of likely N-dealkylation sites (tertiary alicyclic amines) is 1. The summed E-state index contributed by atoms with van der Waals surface area (Å²) in [5.41, 5.74) is 1.84. The Morgan fingerprint density at radius 2 is 1.47 bits per heavy atom. The Bertz CT molecular complexity index is 829. The molecule has 0 bridgehead atoms. The molecule has 0 radical (unpaired) electrons. The van der Waals surface area contributed by atoms with Crippen LogP contribution >= 0.6 is 0 Å². The molecule has 0 spiro atoms. The van der Waals surface area contributed by atoms with Crippen LogP contribution in [-0.4, -0.2) is 61.0 Å². The van der Waals surface area contributed by atoms with Crippen LogP contribution in [0, 0.1) is 5.92 Å². The molecule has 30 heavy (non-hydrogen) atoms. The number of nitrogens with one attached hydrogen (secondary N) is 1. The molecule has 0 aromatic heterocycles. The smallest absolute Gasteiger partial charge is 0.244 e. The number of carbonyl (C=O) groups is 2. The third-order valence-corrected chi connectivity index (χ3v) is 5.98. The maximum atomic E-state index is 13.4. The van der Waals surface area contributed by atoms with Crippen LogP contribution in [0.15, 0.2) is 60.7 Å². The van der Waals surface area contributed by atoms with E-state index in [4.69, 9.17) is 4.74 Å². The largest absolute Gasteiger partial charge is 0.378 e. The molecule has 2 amide bonds. The van der Waals surface area contributed by atoms with Gasteiger partial charge in [0.1, 0.15) is 6.04 Å². The maximum Gasteiger partial charge on any atom is 0.244 e. The first-order valence-corrected chi connectivity index (χ1v) is 10.7. The molecule has 1 atom stereocenters. The standard InChI is InChI=1S/C24H29N3O3/c28-23(25-21-9-5-2-6-10-21)20-11-13-26(14-12-20)22(19-7-3-1-4-8-19)24(29)27-15-17-30-18-16-27/h1-10,20,22H,11-18H2,(H,25,28)/t22-/m0/s1. The molecular formula is C24H29N3O3. The van der Waals surface area contributed by atoms with Crippen molar-refractivity contribution in [2.75, 3.05) is 44.7 Å². The number of nitrogens with zero attached hydrogens (tertiary/aromatic N) is 2. The number of amides is 2. The number of benzene rings is 2. The summed E-state index contributed by atoms with van der Waals surface area (Å²) in [5, 5.41) is 3.02. The van der Waals surface area contributed by atoms with Gasteiger partial charge in [-0.25, -0.2) is 0 Å². The summed E-state index contributed by atoms with van der Waals surface area (Å²) in [4.78, 5) is 30.2. The van der Waals surface area contributed by atoms with Gasteiger partial charge in [-0.2, -0.15) is 0 Å². The number of ether oxygens (including phenoxy) is 1. The first-order chi connectivity index (χ1) is 14.7. The van der Waals surface area contributed by atoms with Gasteiger partial charge in [0.15, 0.2) is 0 Å². The molecule has 2 aliphatic heterocycles. The SMILES string of the molecule is O=C(Nc1ccccc1)C1CCN([C@H](C(=O)N2CCOCC2)c2ccccc2)CC1. The van der Waals surface area contributed by atoms with Crippen molar-refractivity contribution in [3.8, 4) is 0 Å². The topological polar surface area (TPSA) is 61.9 Å². The first kappa shape index (κ1) is 20.6. The summed E-state index contributed by atoms with van der Waals surface area (Å²) < 4.78 is 5.42. The summed E-state index contributed by atoms with van der Waals surface area (Å²) >= 11 is 0. The highest BCUT2D eigenvalue weighted by Gasteiger charge is 2.35. The van der Waals surface area contributed by atoms with Crippen LogP contribution in [0.5, 0.6) is 0 Å². The van der Waals surface area contributed by atoms with Gasteiger partial charge >= 0.3 is 0 Å². The molecule has 2 aliphatic rings. The van der Waals surface area contributed by atoms with E-state index in [1.54, 1.807) is 0 Å². The van der Waals surface area contributed by atoms with Gasteiger partial charge in [0.25, 0.3) is 0 Å². The Morgan fingerprint density at radius 1 is 0.867 bits per heavy atom. The number of rotatable bonds is 5. The summed E-state index contributed by atoms with van der Waals surface area (Å²) in [6.07, 6.45) is 1.50. The fourth-order valence-corrected chi connectivity index (χ4v) is 4.29. The molecule has 6 nitrogen and oxygen atoms in total. The Hall–Kier alpha value is -2.70. The zero-order valence-corrected chi connectivity index (χ0v) is 17.2. The van der Waals surface area contributed by atoms with Crippen molar-refractivity contribution in [2.45, 2.75) is 18.9 Å². The maximum absolute atomic E-state index is 13.4. The summed E-state index contributed by atoms with van der Waals surface area (Å²) in [6, 6.07) is 19.3. The number of para-hydroxylation sites is 1. The summed E-state index contributed by atoms with van der Waals surface area (Å²) in [7, 11) is 0. The molecule has 2 saturated heterocycles. The average molecular weight is 408 g/mol. The lowest BCUT2D eigenvalue weighted by atomic mass is 9.93. The molecule has 2 fully saturated rings. The molecule has 6 heteroatoms. The highest BCUT2D eigenvalue weighted by molar-refractivity contribution is 5.92. The normalized spacial score (nSPS) is 19.3. The summed E-state index contributed by atoms with van der Waals surface area (Å²) in [6.45, 7) is 3.91. The minimum absolute atomic E-state index is 0.0311. The van der Waals surface area contributed by atoms with Crippen LogP contribution in [0.4, 0.5) is 5.69 Å². The van der Waals surface area contributed by atoms with Gasteiger partial charge < -0.3 is 15.0 Å². The van der Waals surface area contributed by atoms with Gasteiger partial charge in [0.05, 0.1) is 13.2 Å². The number of hydrogen-bond donors (Lipinski definition) is 1. The third kappa shape index (κ3) is 4.89. The van der Waals surface area contributed by atoms with Gasteiger partial charge in [0, 0.05) is 24.7 Å². The number of hydrogen-bond acceptors (Lipinski definition) is 4. The quantitative estimate of drug-likeness (QED) is 0.828. The zero-order chi connectivity index (χ0) is 20.8. The van der Waals surface area contributed by atoms with Crippen LogP contribution in [0.1, 0.15) is 24.4 Å². The van der Waals surface area contributed by atoms with Gasteiger partial charge in [-0.15, -0.1) is 0 Å². The molecule has 158 valence electrons. The number of carbonyl (C=O) groups excluding carboxylic acids is 2. The summed E-state index contributed by atoms with van der Waals surface area (Å²) in [5.74, 6) is 0.171. The van der Waals surface area contributed by atoms with Crippen LogP contribution in [0.2, 0.25) is 0 Å². The minimum Gasteiger partial charge on any atom is -0.378 e. The lowest BCUT2D eigenvalue weighted by Gasteiger charge is -2.39. The van der Waals surface area contributed by atoms with Crippen molar-refractivity contribution in [3.05, 3.63) is 66.2 Å². The average Bonchev–Trinajstić information content (AvgIpc) is 2.81. The molecule has 2 heterocycles. The van der Waals surface area contributed by atoms with Crippen molar-refractivity contribution in [1.82, 2.24) is 9.80 Å². The first-order valence-electron chi connectivity index (χ1n) is 10.7. The van der Waals surface area contributed by atoms with E-state index in [0.29, 0.717) is 26.3 Å². The van der Waals surface area contributed by atoms with Gasteiger partial charge in [-0.05, 0) is 43.6 Å². The second-order valence-corrected chi connectivity index (χ2v) is 7.92. The van der Waals surface area contributed by atoms with Crippen molar-refractivity contribution in [3.63, 3.8) is 0 Å². The van der Waals surface area contributed by atoms with Crippen LogP contribution in [0.3, 0.4) is 0 Å². The van der Waals surface area contributed by atoms with Gasteiger partial charge in [0.2, 0.25) is 11.8 Å². The lowest BCUT2D eigenvalue weighted by Crippen LogP contribution is -2.49. The van der Waals surface area contributed by atoms with Crippen LogP contribution < -0.4 is 5.32 Å². The fourth-order valence-electron chi connectivity index (χ4n) is 4.29. The van der Waals surface area contributed by atoms with E-state index >= 15 is 0 Å². The fraction of sp³-hybridized carbons (Fsp3) is 0.417. The Kier molecular flexibility index (Phi) is 6.77. The molecule has 0 unspecified atom stereocenters. The minimum atomic E-state index is -0.303. The van der Waals surface area contributed by atoms with Crippen molar-refractivity contribution >= 4 is 17.5 Å². The number of anilines is 1. The molecule has 1 N–H and O–H groups in total. The molecule has 0 saturated carbocycles. The Labute approximate surface area is 177 Å². The zero-order valence-electron chi connectivity index (χ0n) is 17.2. The molecule has 2 aromatic rings. The predicted molar refractivity (Wildman–Crippen MR) is 116 cm³/mol. The molecule has 0 aliphatic carbocycles. The van der Waals surface area contributed by atoms with Crippen molar-refractivity contribution < 1.29 is 14.3 Å². The van der Waals surface area contributed by atoms with E-state index < -0.39 is 0 Å². The highest BCUT2D eigenvalue weighted by Crippen LogP contribution is 2.29. The second kappa shape index (κ2) is 9.87. The Morgan fingerprint density at radius 3 is 2.10 bits per heavy atom. The van der Waals surface area contributed by atoms with Gasteiger partial charge in [-0.3, -0.25) is 14.5 Å². The highest BCUT2D eigenvalue weighted by atomic mass is 16.5.